The standard InChI is InChI=1S/C15H19ClFN3/c1-10-8-13(17)5-4-12(10)6-7-18-9-14-11(2)19-20(3)15(14)16/h4-5,8,18H,6-7,9H2,1-3H3. The van der Waals surface area contributed by atoms with Crippen molar-refractivity contribution in [3.8, 4) is 0 Å². The maximum Gasteiger partial charge on any atom is 0.131 e. The number of hydrogen-bond donors (Lipinski definition) is 1. The molecule has 1 aromatic carbocycles. The highest BCUT2D eigenvalue weighted by atomic mass is 35.5. The van der Waals surface area contributed by atoms with E-state index in [1.54, 1.807) is 10.7 Å². The van der Waals surface area contributed by atoms with Crippen LogP contribution in [0.4, 0.5) is 4.39 Å². The lowest BCUT2D eigenvalue weighted by molar-refractivity contribution is 0.624. The molecule has 0 atom stereocenters. The van der Waals surface area contributed by atoms with E-state index in [-0.39, 0.29) is 5.82 Å². The average Bonchev–Trinajstić information content (AvgIpc) is 2.62. The monoisotopic (exact) mass is 295 g/mol. The molecule has 1 N–H and O–H groups in total. The Bertz CT molecular complexity index is 607. The summed E-state index contributed by atoms with van der Waals surface area (Å²) in [6.07, 6.45) is 0.864. The Morgan fingerprint density at radius 3 is 2.70 bits per heavy atom. The first-order valence-electron chi connectivity index (χ1n) is 6.62. The van der Waals surface area contributed by atoms with Crippen molar-refractivity contribution >= 4 is 11.6 Å². The Morgan fingerprint density at radius 2 is 2.10 bits per heavy atom. The zero-order valence-electron chi connectivity index (χ0n) is 12.0. The van der Waals surface area contributed by atoms with Crippen LogP contribution in [0.2, 0.25) is 5.15 Å². The fourth-order valence-electron chi connectivity index (χ4n) is 2.25. The molecule has 0 radical (unpaired) electrons. The van der Waals surface area contributed by atoms with Gasteiger partial charge in [0.25, 0.3) is 0 Å². The van der Waals surface area contributed by atoms with Crippen LogP contribution >= 0.6 is 11.6 Å². The minimum absolute atomic E-state index is 0.183. The molecule has 0 amide bonds. The van der Waals surface area contributed by atoms with Gasteiger partial charge in [-0.2, -0.15) is 5.10 Å². The number of halogens is 2. The van der Waals surface area contributed by atoms with Gasteiger partial charge in [-0.1, -0.05) is 17.7 Å². The van der Waals surface area contributed by atoms with Crippen molar-refractivity contribution in [2.75, 3.05) is 6.54 Å². The molecule has 0 aliphatic rings. The Morgan fingerprint density at radius 1 is 1.35 bits per heavy atom. The van der Waals surface area contributed by atoms with Crippen LogP contribution in [0, 0.1) is 19.7 Å². The molecule has 3 nitrogen and oxygen atoms in total. The number of nitrogens with one attached hydrogen (secondary N) is 1. The molecular formula is C15H19ClFN3. The third-order valence-electron chi connectivity index (χ3n) is 3.45. The molecule has 20 heavy (non-hydrogen) atoms. The lowest BCUT2D eigenvalue weighted by atomic mass is 10.1. The summed E-state index contributed by atoms with van der Waals surface area (Å²) < 4.78 is 14.7. The Hall–Kier alpha value is -1.39. The van der Waals surface area contributed by atoms with E-state index in [1.165, 1.54) is 6.07 Å². The van der Waals surface area contributed by atoms with E-state index in [0.717, 1.165) is 35.3 Å². The molecule has 108 valence electrons. The lowest BCUT2D eigenvalue weighted by Crippen LogP contribution is -2.17. The highest BCUT2D eigenvalue weighted by Gasteiger charge is 2.10. The van der Waals surface area contributed by atoms with Crippen LogP contribution in [0.15, 0.2) is 18.2 Å². The predicted molar refractivity (Wildman–Crippen MR) is 79.5 cm³/mol. The second-order valence-corrected chi connectivity index (χ2v) is 5.33. The van der Waals surface area contributed by atoms with Crippen LogP contribution in [-0.4, -0.2) is 16.3 Å². The first kappa shape index (κ1) is 15.0. The average molecular weight is 296 g/mol. The van der Waals surface area contributed by atoms with E-state index in [4.69, 9.17) is 11.6 Å². The highest BCUT2D eigenvalue weighted by molar-refractivity contribution is 6.30. The molecule has 0 spiro atoms. The highest BCUT2D eigenvalue weighted by Crippen LogP contribution is 2.18. The maximum absolute atomic E-state index is 13.0. The molecule has 1 heterocycles. The van der Waals surface area contributed by atoms with Crippen molar-refractivity contribution in [2.45, 2.75) is 26.8 Å². The first-order valence-corrected chi connectivity index (χ1v) is 7.00. The van der Waals surface area contributed by atoms with Crippen molar-refractivity contribution < 1.29 is 4.39 Å². The number of aryl methyl sites for hydroxylation is 3. The van der Waals surface area contributed by atoms with E-state index in [1.807, 2.05) is 27.0 Å². The summed E-state index contributed by atoms with van der Waals surface area (Å²) >= 11 is 6.17. The molecule has 0 saturated heterocycles. The molecule has 2 aromatic rings. The SMILES string of the molecule is Cc1cc(F)ccc1CCNCc1c(C)nn(C)c1Cl. The van der Waals surface area contributed by atoms with Gasteiger partial charge in [0.05, 0.1) is 5.69 Å². The molecule has 1 aromatic heterocycles. The molecule has 0 unspecified atom stereocenters. The van der Waals surface area contributed by atoms with E-state index in [0.29, 0.717) is 11.7 Å². The summed E-state index contributed by atoms with van der Waals surface area (Å²) in [6, 6.07) is 4.91. The second-order valence-electron chi connectivity index (χ2n) is 4.98. The van der Waals surface area contributed by atoms with Crippen molar-refractivity contribution in [1.82, 2.24) is 15.1 Å². The first-order chi connectivity index (χ1) is 9.49. The molecular weight excluding hydrogens is 277 g/mol. The maximum atomic E-state index is 13.0. The van der Waals surface area contributed by atoms with Crippen LogP contribution in [-0.2, 0) is 20.0 Å². The van der Waals surface area contributed by atoms with E-state index in [2.05, 4.69) is 10.4 Å². The van der Waals surface area contributed by atoms with Gasteiger partial charge in [-0.15, -0.1) is 0 Å². The molecule has 0 fully saturated rings. The van der Waals surface area contributed by atoms with Gasteiger partial charge >= 0.3 is 0 Å². The summed E-state index contributed by atoms with van der Waals surface area (Å²) in [5, 5.41) is 8.30. The normalized spacial score (nSPS) is 11.1. The summed E-state index contributed by atoms with van der Waals surface area (Å²) in [7, 11) is 1.83. The number of benzene rings is 1. The van der Waals surface area contributed by atoms with E-state index >= 15 is 0 Å². The Balaban J connectivity index is 1.87. The van der Waals surface area contributed by atoms with Crippen molar-refractivity contribution in [1.29, 1.82) is 0 Å². The van der Waals surface area contributed by atoms with Crippen LogP contribution in [0.3, 0.4) is 0 Å². The van der Waals surface area contributed by atoms with Crippen molar-refractivity contribution in [3.63, 3.8) is 0 Å². The van der Waals surface area contributed by atoms with Gasteiger partial charge in [0.15, 0.2) is 0 Å². The topological polar surface area (TPSA) is 29.9 Å². The van der Waals surface area contributed by atoms with Crippen LogP contribution in [0.25, 0.3) is 0 Å². The van der Waals surface area contributed by atoms with Gasteiger partial charge in [0.2, 0.25) is 0 Å². The quantitative estimate of drug-likeness (QED) is 0.859. The number of nitrogens with zero attached hydrogens (tertiary/aromatic N) is 2. The summed E-state index contributed by atoms with van der Waals surface area (Å²) in [6.45, 7) is 5.39. The largest absolute Gasteiger partial charge is 0.312 e. The van der Waals surface area contributed by atoms with Crippen LogP contribution < -0.4 is 5.32 Å². The van der Waals surface area contributed by atoms with Gasteiger partial charge in [0.1, 0.15) is 11.0 Å². The third-order valence-corrected chi connectivity index (χ3v) is 3.92. The lowest BCUT2D eigenvalue weighted by Gasteiger charge is -2.07. The summed E-state index contributed by atoms with van der Waals surface area (Å²) in [5.41, 5.74) is 4.13. The minimum Gasteiger partial charge on any atom is -0.312 e. The molecule has 0 saturated carbocycles. The zero-order valence-corrected chi connectivity index (χ0v) is 12.8. The summed E-state index contributed by atoms with van der Waals surface area (Å²) in [4.78, 5) is 0. The van der Waals surface area contributed by atoms with Crippen LogP contribution in [0.5, 0.6) is 0 Å². The van der Waals surface area contributed by atoms with Gasteiger partial charge in [-0.3, -0.25) is 4.68 Å². The van der Waals surface area contributed by atoms with E-state index in [9.17, 15) is 4.39 Å². The Labute approximate surface area is 123 Å². The molecule has 2 rings (SSSR count). The van der Waals surface area contributed by atoms with Crippen LogP contribution in [0.1, 0.15) is 22.4 Å². The molecule has 0 aliphatic carbocycles. The van der Waals surface area contributed by atoms with Gasteiger partial charge in [-0.05, 0) is 50.1 Å². The minimum atomic E-state index is -0.183. The fraction of sp³-hybridized carbons (Fsp3) is 0.400. The molecule has 5 heteroatoms. The predicted octanol–water partition coefficient (Wildman–Crippen LogP) is 3.16. The van der Waals surface area contributed by atoms with Gasteiger partial charge in [-0.25, -0.2) is 4.39 Å². The number of hydrogen-bond acceptors (Lipinski definition) is 2. The fourth-order valence-corrected chi connectivity index (χ4v) is 2.49. The van der Waals surface area contributed by atoms with Crippen molar-refractivity contribution in [3.05, 3.63) is 51.6 Å². The number of rotatable bonds is 5. The smallest absolute Gasteiger partial charge is 0.131 e. The third kappa shape index (κ3) is 3.38. The summed E-state index contributed by atoms with van der Waals surface area (Å²) in [5.74, 6) is -0.183. The van der Waals surface area contributed by atoms with Gasteiger partial charge in [0, 0.05) is 19.2 Å². The Kier molecular flexibility index (Phi) is 4.78. The molecule has 0 bridgehead atoms. The molecule has 0 aliphatic heterocycles. The van der Waals surface area contributed by atoms with Crippen molar-refractivity contribution in [2.24, 2.45) is 7.05 Å². The zero-order chi connectivity index (χ0) is 14.7. The van der Waals surface area contributed by atoms with E-state index < -0.39 is 0 Å². The van der Waals surface area contributed by atoms with Gasteiger partial charge < -0.3 is 5.32 Å². The number of aromatic nitrogens is 2. The second kappa shape index (κ2) is 6.37.